The number of ether oxygens (including phenoxy) is 1. The molecule has 3 aromatic carbocycles. The minimum atomic E-state index is -0.950. The van der Waals surface area contributed by atoms with Crippen LogP contribution in [0.25, 0.3) is 0 Å². The van der Waals surface area contributed by atoms with Crippen molar-refractivity contribution in [1.29, 1.82) is 0 Å². The molecule has 2 bridgehead atoms. The van der Waals surface area contributed by atoms with E-state index in [4.69, 9.17) is 16.3 Å². The normalized spacial score (nSPS) is 22.0. The lowest BCUT2D eigenvalue weighted by Gasteiger charge is -2.53. The Labute approximate surface area is 193 Å². The molecule has 0 saturated carbocycles. The number of urea groups is 1. The first-order valence-electron chi connectivity index (χ1n) is 9.85. The van der Waals surface area contributed by atoms with Crippen molar-refractivity contribution < 1.29 is 14.3 Å². The molecular weight excluding hydrogens is 480 g/mol. The standard InChI is InChI=1S/C24H18BrClN2O3/c1-24-14-20(18-7-3-5-9-21(18)31-24)27(22(29)17-6-2-4-8-19(17)25)23(30)28(24)16-12-10-15(26)11-13-16/h2-13,20H,14H2,1H3/t20-,24-/m1/s1. The number of fused-ring (bicyclic) bond motifs is 4. The van der Waals surface area contributed by atoms with Gasteiger partial charge in [-0.05, 0) is 65.3 Å². The van der Waals surface area contributed by atoms with Gasteiger partial charge in [0.25, 0.3) is 5.91 Å². The highest BCUT2D eigenvalue weighted by Gasteiger charge is 2.55. The number of nitrogens with zero attached hydrogens (tertiary/aromatic N) is 2. The Morgan fingerprint density at radius 2 is 1.74 bits per heavy atom. The first-order valence-corrected chi connectivity index (χ1v) is 11.0. The van der Waals surface area contributed by atoms with Crippen LogP contribution in [0.4, 0.5) is 10.5 Å². The Bertz CT molecular complexity index is 1200. The summed E-state index contributed by atoms with van der Waals surface area (Å²) in [6, 6.07) is 20.8. The highest BCUT2D eigenvalue weighted by atomic mass is 79.9. The number of carbonyl (C=O) groups excluding carboxylic acids is 2. The molecule has 3 amide bonds. The minimum Gasteiger partial charge on any atom is -0.467 e. The highest BCUT2D eigenvalue weighted by molar-refractivity contribution is 9.10. The molecule has 0 radical (unpaired) electrons. The summed E-state index contributed by atoms with van der Waals surface area (Å²) in [5, 5.41) is 0.562. The number of hydrogen-bond donors (Lipinski definition) is 0. The van der Waals surface area contributed by atoms with E-state index < -0.39 is 17.8 Å². The molecule has 31 heavy (non-hydrogen) atoms. The van der Waals surface area contributed by atoms with Crippen molar-refractivity contribution in [3.05, 3.63) is 93.4 Å². The van der Waals surface area contributed by atoms with Gasteiger partial charge in [-0.2, -0.15) is 0 Å². The van der Waals surface area contributed by atoms with Crippen LogP contribution in [0, 0.1) is 0 Å². The zero-order valence-electron chi connectivity index (χ0n) is 16.6. The second kappa shape index (κ2) is 7.39. The molecule has 1 fully saturated rings. The molecule has 2 heterocycles. The second-order valence-corrected chi connectivity index (χ2v) is 9.08. The fourth-order valence-electron chi connectivity index (χ4n) is 4.37. The largest absolute Gasteiger partial charge is 0.467 e. The number of imide groups is 1. The van der Waals surface area contributed by atoms with Gasteiger partial charge in [0, 0.05) is 27.2 Å². The Morgan fingerprint density at radius 3 is 2.48 bits per heavy atom. The molecule has 5 nitrogen and oxygen atoms in total. The van der Waals surface area contributed by atoms with E-state index in [1.165, 1.54) is 4.90 Å². The van der Waals surface area contributed by atoms with Crippen LogP contribution in [0.5, 0.6) is 5.75 Å². The third kappa shape index (κ3) is 3.22. The maximum atomic E-state index is 13.9. The van der Waals surface area contributed by atoms with Crippen LogP contribution in [0.2, 0.25) is 5.02 Å². The number of halogens is 2. The van der Waals surface area contributed by atoms with E-state index in [1.54, 1.807) is 47.4 Å². The maximum absolute atomic E-state index is 13.9. The van der Waals surface area contributed by atoms with E-state index >= 15 is 0 Å². The number of rotatable bonds is 2. The molecule has 0 aliphatic carbocycles. The summed E-state index contributed by atoms with van der Waals surface area (Å²) in [6.07, 6.45) is 0.439. The van der Waals surface area contributed by atoms with Gasteiger partial charge >= 0.3 is 6.03 Å². The lowest BCUT2D eigenvalue weighted by atomic mass is 9.88. The minimum absolute atomic E-state index is 0.361. The molecule has 2 aliphatic rings. The average Bonchev–Trinajstić information content (AvgIpc) is 2.75. The van der Waals surface area contributed by atoms with Gasteiger partial charge in [-0.3, -0.25) is 14.6 Å². The number of para-hydroxylation sites is 1. The molecular formula is C24H18BrClN2O3. The van der Waals surface area contributed by atoms with Gasteiger partial charge in [-0.1, -0.05) is 41.9 Å². The van der Waals surface area contributed by atoms with Crippen molar-refractivity contribution in [3.63, 3.8) is 0 Å². The fourth-order valence-corrected chi connectivity index (χ4v) is 4.95. The monoisotopic (exact) mass is 496 g/mol. The zero-order valence-corrected chi connectivity index (χ0v) is 18.9. The van der Waals surface area contributed by atoms with Crippen LogP contribution in [-0.4, -0.2) is 22.6 Å². The number of anilines is 1. The van der Waals surface area contributed by atoms with Crippen molar-refractivity contribution in [3.8, 4) is 5.75 Å². The molecule has 0 unspecified atom stereocenters. The summed E-state index contributed by atoms with van der Waals surface area (Å²) >= 11 is 9.52. The van der Waals surface area contributed by atoms with Crippen LogP contribution in [0.3, 0.4) is 0 Å². The first kappa shape index (κ1) is 20.1. The second-order valence-electron chi connectivity index (χ2n) is 7.78. The van der Waals surface area contributed by atoms with Gasteiger partial charge < -0.3 is 4.74 Å². The topological polar surface area (TPSA) is 49.9 Å². The molecule has 1 saturated heterocycles. The SMILES string of the molecule is C[C@]12C[C@H](c3ccccc3O1)N(C(=O)c1ccccc1Br)C(=O)N2c1ccc(Cl)cc1. The molecule has 2 atom stereocenters. The lowest BCUT2D eigenvalue weighted by Crippen LogP contribution is -2.67. The van der Waals surface area contributed by atoms with E-state index in [-0.39, 0.29) is 5.91 Å². The first-order chi connectivity index (χ1) is 14.9. The molecule has 2 aliphatic heterocycles. The van der Waals surface area contributed by atoms with Gasteiger partial charge in [-0.25, -0.2) is 4.79 Å². The van der Waals surface area contributed by atoms with Gasteiger partial charge in [0.15, 0.2) is 5.72 Å². The van der Waals surface area contributed by atoms with Crippen LogP contribution in [0.15, 0.2) is 77.3 Å². The summed E-state index contributed by atoms with van der Waals surface area (Å²) in [6.45, 7) is 1.88. The van der Waals surface area contributed by atoms with Crippen molar-refractivity contribution in [2.45, 2.75) is 25.1 Å². The summed E-state index contributed by atoms with van der Waals surface area (Å²) in [5.41, 5.74) is 0.915. The number of hydrogen-bond acceptors (Lipinski definition) is 3. The predicted octanol–water partition coefficient (Wildman–Crippen LogP) is 6.42. The Kier molecular flexibility index (Phi) is 4.79. The number of benzene rings is 3. The van der Waals surface area contributed by atoms with Crippen molar-refractivity contribution >= 4 is 45.2 Å². The smallest absolute Gasteiger partial charge is 0.335 e. The van der Waals surface area contributed by atoms with Gasteiger partial charge in [0.05, 0.1) is 11.6 Å². The molecule has 7 heteroatoms. The van der Waals surface area contributed by atoms with Crippen molar-refractivity contribution in [2.75, 3.05) is 4.90 Å². The Balaban J connectivity index is 1.68. The van der Waals surface area contributed by atoms with E-state index in [0.717, 1.165) is 5.56 Å². The van der Waals surface area contributed by atoms with Gasteiger partial charge in [0.2, 0.25) is 0 Å². The van der Waals surface area contributed by atoms with Crippen LogP contribution in [-0.2, 0) is 0 Å². The Morgan fingerprint density at radius 1 is 1.06 bits per heavy atom. The summed E-state index contributed by atoms with van der Waals surface area (Å²) in [5.74, 6) is 0.304. The lowest BCUT2D eigenvalue weighted by molar-refractivity contribution is 0.00265. The van der Waals surface area contributed by atoms with Crippen LogP contribution >= 0.6 is 27.5 Å². The summed E-state index contributed by atoms with van der Waals surface area (Å²) in [4.78, 5) is 30.4. The summed E-state index contributed by atoms with van der Waals surface area (Å²) < 4.78 is 6.98. The molecule has 0 aromatic heterocycles. The third-order valence-electron chi connectivity index (χ3n) is 5.77. The highest BCUT2D eigenvalue weighted by Crippen LogP contribution is 2.49. The van der Waals surface area contributed by atoms with E-state index in [2.05, 4.69) is 15.9 Å². The molecule has 3 aromatic rings. The predicted molar refractivity (Wildman–Crippen MR) is 122 cm³/mol. The van der Waals surface area contributed by atoms with E-state index in [9.17, 15) is 9.59 Å². The number of carbonyl (C=O) groups is 2. The van der Waals surface area contributed by atoms with Crippen LogP contribution in [0.1, 0.15) is 35.3 Å². The summed E-state index contributed by atoms with van der Waals surface area (Å²) in [7, 11) is 0. The van der Waals surface area contributed by atoms with Crippen molar-refractivity contribution in [2.24, 2.45) is 0 Å². The Hall–Kier alpha value is -2.83. The van der Waals surface area contributed by atoms with E-state index in [1.807, 2.05) is 37.3 Å². The number of amides is 3. The van der Waals surface area contributed by atoms with Crippen LogP contribution < -0.4 is 9.64 Å². The maximum Gasteiger partial charge on any atom is 0.335 e. The molecule has 0 spiro atoms. The molecule has 5 rings (SSSR count). The van der Waals surface area contributed by atoms with Gasteiger partial charge in [-0.15, -0.1) is 0 Å². The zero-order chi connectivity index (χ0) is 21.8. The van der Waals surface area contributed by atoms with Crippen molar-refractivity contribution in [1.82, 2.24) is 4.90 Å². The molecule has 0 N–H and O–H groups in total. The molecule has 156 valence electrons. The fraction of sp³-hybridized carbons (Fsp3) is 0.167. The van der Waals surface area contributed by atoms with Gasteiger partial charge in [0.1, 0.15) is 5.75 Å². The quantitative estimate of drug-likeness (QED) is 0.410. The average molecular weight is 498 g/mol. The van der Waals surface area contributed by atoms with E-state index in [0.29, 0.717) is 32.9 Å². The third-order valence-corrected chi connectivity index (χ3v) is 6.71.